The maximum absolute atomic E-state index is 13.0. The third-order valence-corrected chi connectivity index (χ3v) is 3.83. The summed E-state index contributed by atoms with van der Waals surface area (Å²) < 4.78 is 39.1. The van der Waals surface area contributed by atoms with E-state index in [1.807, 2.05) is 0 Å². The molecule has 1 aliphatic carbocycles. The zero-order chi connectivity index (χ0) is 13.3. The van der Waals surface area contributed by atoms with Crippen LogP contribution in [-0.2, 0) is 12.1 Å². The highest BCUT2D eigenvalue weighted by Gasteiger charge is 2.36. The molecule has 0 bridgehead atoms. The van der Waals surface area contributed by atoms with Gasteiger partial charge in [0.2, 0.25) is 0 Å². The van der Waals surface area contributed by atoms with Crippen LogP contribution >= 0.6 is 11.6 Å². The molecule has 1 nitrogen and oxygen atoms in total. The number of benzene rings is 1. The zero-order valence-corrected chi connectivity index (χ0v) is 10.9. The van der Waals surface area contributed by atoms with Crippen LogP contribution in [0.4, 0.5) is 18.9 Å². The smallest absolute Gasteiger partial charge is 0.371 e. The van der Waals surface area contributed by atoms with Gasteiger partial charge in [0.15, 0.2) is 0 Å². The third kappa shape index (κ3) is 2.58. The minimum absolute atomic E-state index is 0.0938. The maximum Gasteiger partial charge on any atom is 0.418 e. The Bertz CT molecular complexity index is 427. The van der Waals surface area contributed by atoms with Crippen LogP contribution in [0.25, 0.3) is 0 Å². The second kappa shape index (κ2) is 5.00. The van der Waals surface area contributed by atoms with E-state index < -0.39 is 11.7 Å². The summed E-state index contributed by atoms with van der Waals surface area (Å²) in [5.41, 5.74) is 0.158. The Morgan fingerprint density at radius 1 is 1.33 bits per heavy atom. The van der Waals surface area contributed by atoms with Crippen molar-refractivity contribution in [3.8, 4) is 0 Å². The van der Waals surface area contributed by atoms with E-state index in [4.69, 9.17) is 11.6 Å². The second-order valence-corrected chi connectivity index (χ2v) is 4.95. The molecule has 0 radical (unpaired) electrons. The number of hydrogen-bond donors (Lipinski definition) is 0. The van der Waals surface area contributed by atoms with Gasteiger partial charge in [-0.05, 0) is 37.0 Å². The normalized spacial score (nSPS) is 16.5. The van der Waals surface area contributed by atoms with E-state index in [-0.39, 0.29) is 17.6 Å². The Morgan fingerprint density at radius 3 is 2.44 bits per heavy atom. The molecule has 0 saturated heterocycles. The lowest BCUT2D eigenvalue weighted by atomic mass is 9.91. The molecule has 0 aromatic heterocycles. The summed E-state index contributed by atoms with van der Waals surface area (Å²) in [5.74, 6) is 0.0938. The summed E-state index contributed by atoms with van der Waals surface area (Å²) in [6.45, 7) is 0. The molecule has 18 heavy (non-hydrogen) atoms. The fraction of sp³-hybridized carbons (Fsp3) is 0.538. The van der Waals surface area contributed by atoms with Gasteiger partial charge in [-0.25, -0.2) is 0 Å². The first kappa shape index (κ1) is 13.5. The largest absolute Gasteiger partial charge is 0.418 e. The predicted octanol–water partition coefficient (Wildman–Crippen LogP) is 4.43. The van der Waals surface area contributed by atoms with Gasteiger partial charge in [0, 0.05) is 24.7 Å². The fourth-order valence-corrected chi connectivity index (χ4v) is 2.34. The molecule has 100 valence electrons. The van der Waals surface area contributed by atoms with Crippen molar-refractivity contribution in [2.24, 2.45) is 0 Å². The van der Waals surface area contributed by atoms with E-state index in [1.54, 1.807) is 18.0 Å². The fourth-order valence-electron chi connectivity index (χ4n) is 2.17. The van der Waals surface area contributed by atoms with Gasteiger partial charge in [-0.2, -0.15) is 13.2 Å². The SMILES string of the molecule is CN(c1ccc(CCl)cc1C(F)(F)F)C1CCC1. The van der Waals surface area contributed by atoms with Crippen molar-refractivity contribution in [2.75, 3.05) is 11.9 Å². The first-order valence-corrected chi connectivity index (χ1v) is 6.46. The van der Waals surface area contributed by atoms with E-state index in [9.17, 15) is 13.2 Å². The van der Waals surface area contributed by atoms with Crippen molar-refractivity contribution < 1.29 is 13.2 Å². The molecule has 0 atom stereocenters. The van der Waals surface area contributed by atoms with Crippen molar-refractivity contribution in [2.45, 2.75) is 37.4 Å². The predicted molar refractivity (Wildman–Crippen MR) is 67.0 cm³/mol. The molecule has 1 aliphatic rings. The number of nitrogens with zero attached hydrogens (tertiary/aromatic N) is 1. The summed E-state index contributed by atoms with van der Waals surface area (Å²) >= 11 is 5.60. The van der Waals surface area contributed by atoms with Crippen molar-refractivity contribution in [1.82, 2.24) is 0 Å². The summed E-state index contributed by atoms with van der Waals surface area (Å²) in [5, 5.41) is 0. The van der Waals surface area contributed by atoms with Crippen LogP contribution in [0.2, 0.25) is 0 Å². The Kier molecular flexibility index (Phi) is 3.76. The van der Waals surface area contributed by atoms with Gasteiger partial charge >= 0.3 is 6.18 Å². The molecule has 1 saturated carbocycles. The van der Waals surface area contributed by atoms with E-state index in [0.29, 0.717) is 5.56 Å². The van der Waals surface area contributed by atoms with Gasteiger partial charge < -0.3 is 4.90 Å². The molecule has 0 amide bonds. The molecule has 0 spiro atoms. The van der Waals surface area contributed by atoms with Gasteiger partial charge in [-0.15, -0.1) is 11.6 Å². The zero-order valence-electron chi connectivity index (χ0n) is 10.1. The van der Waals surface area contributed by atoms with Crippen LogP contribution in [0, 0.1) is 0 Å². The molecule has 2 rings (SSSR count). The highest BCUT2D eigenvalue weighted by molar-refractivity contribution is 6.17. The third-order valence-electron chi connectivity index (χ3n) is 3.52. The van der Waals surface area contributed by atoms with E-state index >= 15 is 0 Å². The minimum atomic E-state index is -4.34. The number of halogens is 4. The number of hydrogen-bond acceptors (Lipinski definition) is 1. The van der Waals surface area contributed by atoms with Gasteiger partial charge in [-0.1, -0.05) is 6.07 Å². The van der Waals surface area contributed by atoms with Crippen LogP contribution < -0.4 is 4.90 Å². The van der Waals surface area contributed by atoms with Crippen LogP contribution in [0.5, 0.6) is 0 Å². The number of alkyl halides is 4. The maximum atomic E-state index is 13.0. The van der Waals surface area contributed by atoms with Crippen LogP contribution in [-0.4, -0.2) is 13.1 Å². The summed E-state index contributed by atoms with van der Waals surface area (Å²) in [7, 11) is 1.73. The molecule has 5 heteroatoms. The summed E-state index contributed by atoms with van der Waals surface area (Å²) in [4.78, 5) is 1.74. The molecular weight excluding hydrogens is 263 g/mol. The number of anilines is 1. The number of rotatable bonds is 3. The van der Waals surface area contributed by atoms with E-state index in [2.05, 4.69) is 0 Å². The van der Waals surface area contributed by atoms with Crippen molar-refractivity contribution in [3.63, 3.8) is 0 Å². The lowest BCUT2D eigenvalue weighted by molar-refractivity contribution is -0.137. The van der Waals surface area contributed by atoms with Crippen molar-refractivity contribution in [1.29, 1.82) is 0 Å². The van der Waals surface area contributed by atoms with Gasteiger partial charge in [0.1, 0.15) is 0 Å². The molecule has 0 unspecified atom stereocenters. The topological polar surface area (TPSA) is 3.24 Å². The lowest BCUT2D eigenvalue weighted by Gasteiger charge is -2.37. The lowest BCUT2D eigenvalue weighted by Crippen LogP contribution is -2.38. The van der Waals surface area contributed by atoms with Gasteiger partial charge in [-0.3, -0.25) is 0 Å². The highest BCUT2D eigenvalue weighted by atomic mass is 35.5. The molecule has 0 heterocycles. The standard InChI is InChI=1S/C13H15ClF3N/c1-18(10-3-2-4-10)12-6-5-9(8-14)7-11(12)13(15,16)17/h5-7,10H,2-4,8H2,1H3. The summed E-state index contributed by atoms with van der Waals surface area (Å²) in [6.07, 6.45) is -1.32. The van der Waals surface area contributed by atoms with Crippen molar-refractivity contribution >= 4 is 17.3 Å². The summed E-state index contributed by atoms with van der Waals surface area (Å²) in [6, 6.07) is 4.57. The molecule has 1 aromatic carbocycles. The van der Waals surface area contributed by atoms with Gasteiger partial charge in [0.05, 0.1) is 5.56 Å². The first-order valence-electron chi connectivity index (χ1n) is 5.92. The van der Waals surface area contributed by atoms with E-state index in [1.165, 1.54) is 6.07 Å². The molecule has 1 fully saturated rings. The average molecular weight is 278 g/mol. The molecule has 1 aromatic rings. The quantitative estimate of drug-likeness (QED) is 0.739. The highest BCUT2D eigenvalue weighted by Crippen LogP contribution is 2.39. The average Bonchev–Trinajstić information content (AvgIpc) is 2.24. The molecular formula is C13H15ClF3N. The Hall–Kier alpha value is -0.900. The van der Waals surface area contributed by atoms with E-state index in [0.717, 1.165) is 25.3 Å². The van der Waals surface area contributed by atoms with Gasteiger partial charge in [0.25, 0.3) is 0 Å². The van der Waals surface area contributed by atoms with Crippen molar-refractivity contribution in [3.05, 3.63) is 29.3 Å². The molecule has 0 N–H and O–H groups in total. The Labute approximate surface area is 110 Å². The Balaban J connectivity index is 2.38. The minimum Gasteiger partial charge on any atom is -0.371 e. The Morgan fingerprint density at radius 2 is 2.00 bits per heavy atom. The second-order valence-electron chi connectivity index (χ2n) is 4.68. The van der Waals surface area contributed by atoms with Crippen LogP contribution in [0.15, 0.2) is 18.2 Å². The monoisotopic (exact) mass is 277 g/mol. The first-order chi connectivity index (χ1) is 8.43. The van der Waals surface area contributed by atoms with Crippen LogP contribution in [0.1, 0.15) is 30.4 Å². The van der Waals surface area contributed by atoms with Crippen LogP contribution in [0.3, 0.4) is 0 Å². The molecule has 0 aliphatic heterocycles.